The molecule has 0 radical (unpaired) electrons. The minimum absolute atomic E-state index is 0.115. The fraction of sp³-hybridized carbons (Fsp3) is 0.478. The van der Waals surface area contributed by atoms with Crippen molar-refractivity contribution in [2.75, 3.05) is 18.1 Å². The van der Waals surface area contributed by atoms with Gasteiger partial charge in [-0.05, 0) is 50.1 Å². The summed E-state index contributed by atoms with van der Waals surface area (Å²) in [6.45, 7) is 8.07. The number of thioether (sulfide) groups is 1. The minimum atomic E-state index is -0.115. The second-order valence-electron chi connectivity index (χ2n) is 7.42. The van der Waals surface area contributed by atoms with Gasteiger partial charge in [-0.1, -0.05) is 19.9 Å². The van der Waals surface area contributed by atoms with E-state index in [2.05, 4.69) is 41.9 Å². The molecule has 1 aliphatic rings. The van der Waals surface area contributed by atoms with E-state index in [1.165, 1.54) is 0 Å². The zero-order chi connectivity index (χ0) is 20.6. The summed E-state index contributed by atoms with van der Waals surface area (Å²) in [6, 6.07) is 12.4. The van der Waals surface area contributed by atoms with Crippen molar-refractivity contribution in [3.8, 4) is 5.75 Å². The number of carbonyl (C=O) groups is 1. The third-order valence-corrected chi connectivity index (χ3v) is 5.91. The van der Waals surface area contributed by atoms with Gasteiger partial charge in [0.25, 0.3) is 0 Å². The number of nitrogens with zero attached hydrogens (tertiary/aromatic N) is 2. The fourth-order valence-corrected chi connectivity index (χ4v) is 4.40. The second kappa shape index (κ2) is 10.5. The summed E-state index contributed by atoms with van der Waals surface area (Å²) >= 11 is 1.75. The van der Waals surface area contributed by atoms with Crippen LogP contribution in [0.25, 0.3) is 0 Å². The van der Waals surface area contributed by atoms with Crippen LogP contribution in [0, 0.1) is 0 Å². The first-order valence-corrected chi connectivity index (χ1v) is 11.2. The lowest BCUT2D eigenvalue weighted by molar-refractivity contribution is -0.143. The second-order valence-corrected chi connectivity index (χ2v) is 8.98. The molecule has 5 nitrogen and oxygen atoms in total. The van der Waals surface area contributed by atoms with Crippen molar-refractivity contribution in [3.05, 3.63) is 48.2 Å². The molecular formula is C23H30N2O3S. The quantitative estimate of drug-likeness (QED) is 0.421. The molecule has 0 aliphatic carbocycles. The maximum atomic E-state index is 11.9. The van der Waals surface area contributed by atoms with Gasteiger partial charge in [0.1, 0.15) is 17.4 Å². The predicted molar refractivity (Wildman–Crippen MR) is 118 cm³/mol. The largest absolute Gasteiger partial charge is 0.489 e. The molecule has 1 aromatic heterocycles. The van der Waals surface area contributed by atoms with Crippen LogP contribution < -0.4 is 9.64 Å². The number of hydrogen-bond donors (Lipinski definition) is 0. The van der Waals surface area contributed by atoms with Crippen molar-refractivity contribution in [1.29, 1.82) is 0 Å². The predicted octanol–water partition coefficient (Wildman–Crippen LogP) is 5.08. The molecule has 0 N–H and O–H groups in total. The summed E-state index contributed by atoms with van der Waals surface area (Å²) in [5.74, 6) is 0.718. The van der Waals surface area contributed by atoms with Gasteiger partial charge in [-0.3, -0.25) is 4.79 Å². The standard InChI is InChI=1S/C23H30N2O3S/c1-4-27-22(26)15-20-8-6-14-25(20)19-9-11-21(12-10-19)28-16-18-7-5-13-24-23(18)29-17(2)3/h5,7,9-13,17,20H,4,6,8,14-16H2,1-3H3/t20-/m0/s1. The highest BCUT2D eigenvalue weighted by atomic mass is 32.2. The molecule has 29 heavy (non-hydrogen) atoms. The van der Waals surface area contributed by atoms with Crippen LogP contribution >= 0.6 is 11.8 Å². The average Bonchev–Trinajstić information content (AvgIpc) is 3.15. The Bertz CT molecular complexity index is 795. The summed E-state index contributed by atoms with van der Waals surface area (Å²) in [7, 11) is 0. The maximum absolute atomic E-state index is 11.9. The van der Waals surface area contributed by atoms with Crippen LogP contribution in [-0.4, -0.2) is 35.4 Å². The molecule has 0 unspecified atom stereocenters. The molecular weight excluding hydrogens is 384 g/mol. The van der Waals surface area contributed by atoms with Gasteiger partial charge < -0.3 is 14.4 Å². The monoisotopic (exact) mass is 414 g/mol. The van der Waals surface area contributed by atoms with Gasteiger partial charge in [0, 0.05) is 35.3 Å². The first kappa shape index (κ1) is 21.5. The number of pyridine rings is 1. The Morgan fingerprint density at radius 2 is 2.07 bits per heavy atom. The molecule has 1 atom stereocenters. The third kappa shape index (κ3) is 6.13. The van der Waals surface area contributed by atoms with Crippen LogP contribution in [0.3, 0.4) is 0 Å². The van der Waals surface area contributed by atoms with Crippen LogP contribution in [0.15, 0.2) is 47.6 Å². The van der Waals surface area contributed by atoms with E-state index in [0.29, 0.717) is 24.9 Å². The molecule has 0 saturated carbocycles. The Hall–Kier alpha value is -2.21. The Balaban J connectivity index is 1.60. The van der Waals surface area contributed by atoms with Crippen LogP contribution in [0.4, 0.5) is 5.69 Å². The topological polar surface area (TPSA) is 51.7 Å². The van der Waals surface area contributed by atoms with E-state index in [-0.39, 0.29) is 12.0 Å². The molecule has 1 aromatic carbocycles. The van der Waals surface area contributed by atoms with Crippen molar-refractivity contribution in [1.82, 2.24) is 4.98 Å². The minimum Gasteiger partial charge on any atom is -0.489 e. The molecule has 1 fully saturated rings. The van der Waals surface area contributed by atoms with Crippen LogP contribution in [0.5, 0.6) is 5.75 Å². The smallest absolute Gasteiger partial charge is 0.307 e. The third-order valence-electron chi connectivity index (χ3n) is 4.84. The summed E-state index contributed by atoms with van der Waals surface area (Å²) in [5.41, 5.74) is 2.23. The molecule has 0 amide bonds. The zero-order valence-corrected chi connectivity index (χ0v) is 18.3. The van der Waals surface area contributed by atoms with Crippen molar-refractivity contribution in [2.45, 2.75) is 63.0 Å². The van der Waals surface area contributed by atoms with E-state index in [4.69, 9.17) is 9.47 Å². The lowest BCUT2D eigenvalue weighted by atomic mass is 10.1. The van der Waals surface area contributed by atoms with E-state index in [0.717, 1.165) is 41.4 Å². The van der Waals surface area contributed by atoms with Crippen molar-refractivity contribution >= 4 is 23.4 Å². The first-order chi connectivity index (χ1) is 14.1. The molecule has 2 heterocycles. The molecule has 0 bridgehead atoms. The Kier molecular flexibility index (Phi) is 7.81. The number of benzene rings is 1. The van der Waals surface area contributed by atoms with Crippen molar-refractivity contribution in [3.63, 3.8) is 0 Å². The number of hydrogen-bond acceptors (Lipinski definition) is 6. The molecule has 1 saturated heterocycles. The highest BCUT2D eigenvalue weighted by Gasteiger charge is 2.27. The van der Waals surface area contributed by atoms with Gasteiger partial charge >= 0.3 is 5.97 Å². The molecule has 0 spiro atoms. The van der Waals surface area contributed by atoms with Gasteiger partial charge in [-0.25, -0.2) is 4.98 Å². The summed E-state index contributed by atoms with van der Waals surface area (Å²) in [6.07, 6.45) is 4.39. The average molecular weight is 415 g/mol. The van der Waals surface area contributed by atoms with Gasteiger partial charge in [-0.15, -0.1) is 11.8 Å². The van der Waals surface area contributed by atoms with Crippen molar-refractivity contribution in [2.24, 2.45) is 0 Å². The number of ether oxygens (including phenoxy) is 2. The van der Waals surface area contributed by atoms with Gasteiger partial charge in [0.05, 0.1) is 13.0 Å². The normalized spacial score (nSPS) is 16.3. The Morgan fingerprint density at radius 3 is 2.79 bits per heavy atom. The van der Waals surface area contributed by atoms with Crippen LogP contribution in [0.1, 0.15) is 45.6 Å². The number of rotatable bonds is 9. The highest BCUT2D eigenvalue weighted by molar-refractivity contribution is 7.99. The zero-order valence-electron chi connectivity index (χ0n) is 17.5. The van der Waals surface area contributed by atoms with Gasteiger partial charge in [-0.2, -0.15) is 0 Å². The van der Waals surface area contributed by atoms with Gasteiger partial charge in [0.2, 0.25) is 0 Å². The summed E-state index contributed by atoms with van der Waals surface area (Å²) in [5, 5.41) is 1.50. The number of esters is 1. The number of carbonyl (C=O) groups excluding carboxylic acids is 1. The van der Waals surface area contributed by atoms with E-state index >= 15 is 0 Å². The van der Waals surface area contributed by atoms with Crippen LogP contribution in [0.2, 0.25) is 0 Å². The summed E-state index contributed by atoms with van der Waals surface area (Å²) < 4.78 is 11.1. The van der Waals surface area contributed by atoms with Crippen molar-refractivity contribution < 1.29 is 14.3 Å². The van der Waals surface area contributed by atoms with Crippen LogP contribution in [-0.2, 0) is 16.1 Å². The lowest BCUT2D eigenvalue weighted by Gasteiger charge is -2.26. The van der Waals surface area contributed by atoms with E-state index in [9.17, 15) is 4.79 Å². The number of anilines is 1. The Morgan fingerprint density at radius 1 is 1.28 bits per heavy atom. The Labute approximate surface area is 177 Å². The fourth-order valence-electron chi connectivity index (χ4n) is 3.56. The molecule has 156 valence electrons. The summed E-state index contributed by atoms with van der Waals surface area (Å²) in [4.78, 5) is 18.7. The molecule has 6 heteroatoms. The van der Waals surface area contributed by atoms with E-state index in [1.54, 1.807) is 11.8 Å². The first-order valence-electron chi connectivity index (χ1n) is 10.3. The van der Waals surface area contributed by atoms with E-state index in [1.807, 2.05) is 31.3 Å². The molecule has 2 aromatic rings. The molecule has 1 aliphatic heterocycles. The van der Waals surface area contributed by atoms with E-state index < -0.39 is 0 Å². The van der Waals surface area contributed by atoms with Gasteiger partial charge in [0.15, 0.2) is 0 Å². The maximum Gasteiger partial charge on any atom is 0.307 e. The number of aromatic nitrogens is 1. The molecule has 3 rings (SSSR count). The SMILES string of the molecule is CCOC(=O)C[C@@H]1CCCN1c1ccc(OCc2cccnc2SC(C)C)cc1. The highest BCUT2D eigenvalue weighted by Crippen LogP contribution is 2.30. The lowest BCUT2D eigenvalue weighted by Crippen LogP contribution is -2.31.